The van der Waals surface area contributed by atoms with Crippen molar-refractivity contribution < 1.29 is 0 Å². The quantitative estimate of drug-likeness (QED) is 0.403. The second-order valence-corrected chi connectivity index (χ2v) is 7.66. The third-order valence-corrected chi connectivity index (χ3v) is 5.24. The Bertz CT molecular complexity index is 542. The summed E-state index contributed by atoms with van der Waals surface area (Å²) in [5.74, 6) is 1.83. The molecular formula is C20H38N6. The van der Waals surface area contributed by atoms with Crippen LogP contribution in [0.25, 0.3) is 0 Å². The molecule has 2 heterocycles. The van der Waals surface area contributed by atoms with E-state index in [1.807, 2.05) is 14.0 Å². The van der Waals surface area contributed by atoms with Crippen molar-refractivity contribution in [1.29, 1.82) is 0 Å². The molecule has 6 heteroatoms. The molecule has 0 unspecified atom stereocenters. The lowest BCUT2D eigenvalue weighted by atomic mass is 9.99. The molecular weight excluding hydrogens is 324 g/mol. The largest absolute Gasteiger partial charge is 0.356 e. The van der Waals surface area contributed by atoms with E-state index in [1.54, 1.807) is 0 Å². The maximum absolute atomic E-state index is 4.50. The first-order valence-electron chi connectivity index (χ1n) is 10.3. The molecule has 1 aromatic rings. The molecule has 1 fully saturated rings. The summed E-state index contributed by atoms with van der Waals surface area (Å²) in [4.78, 5) is 6.93. The molecule has 0 bridgehead atoms. The number of aliphatic imine (C=N–C) groups is 1. The van der Waals surface area contributed by atoms with Gasteiger partial charge >= 0.3 is 0 Å². The normalized spacial score (nSPS) is 16.8. The van der Waals surface area contributed by atoms with Crippen molar-refractivity contribution in [1.82, 2.24) is 25.3 Å². The molecule has 1 aromatic heterocycles. The number of piperidine rings is 1. The lowest BCUT2D eigenvalue weighted by Crippen LogP contribution is -2.39. The highest BCUT2D eigenvalue weighted by atomic mass is 15.3. The molecule has 0 radical (unpaired) electrons. The van der Waals surface area contributed by atoms with Crippen LogP contribution in [0.5, 0.6) is 0 Å². The Labute approximate surface area is 159 Å². The van der Waals surface area contributed by atoms with E-state index in [9.17, 15) is 0 Å². The maximum atomic E-state index is 4.50. The van der Waals surface area contributed by atoms with Crippen LogP contribution in [0.1, 0.15) is 50.4 Å². The first-order chi connectivity index (χ1) is 12.6. The zero-order chi connectivity index (χ0) is 18.8. The van der Waals surface area contributed by atoms with Gasteiger partial charge in [-0.05, 0) is 77.6 Å². The summed E-state index contributed by atoms with van der Waals surface area (Å²) in [6, 6.07) is 2.12. The van der Waals surface area contributed by atoms with Gasteiger partial charge in [-0.25, -0.2) is 0 Å². The molecule has 26 heavy (non-hydrogen) atoms. The fraction of sp³-hybridized carbons (Fsp3) is 0.800. The van der Waals surface area contributed by atoms with E-state index in [0.29, 0.717) is 0 Å². The number of rotatable bonds is 9. The predicted molar refractivity (Wildman–Crippen MR) is 110 cm³/mol. The van der Waals surface area contributed by atoms with E-state index in [1.165, 1.54) is 51.0 Å². The van der Waals surface area contributed by atoms with Crippen LogP contribution in [0.3, 0.4) is 0 Å². The number of hydrogen-bond acceptors (Lipinski definition) is 3. The van der Waals surface area contributed by atoms with Gasteiger partial charge in [0.1, 0.15) is 0 Å². The number of unbranched alkanes of at least 4 members (excludes halogenated alkanes) is 1. The van der Waals surface area contributed by atoms with Crippen LogP contribution in [-0.4, -0.2) is 60.4 Å². The van der Waals surface area contributed by atoms with Crippen LogP contribution in [0, 0.1) is 19.8 Å². The highest BCUT2D eigenvalue weighted by molar-refractivity contribution is 5.79. The van der Waals surface area contributed by atoms with E-state index in [4.69, 9.17) is 0 Å². The molecule has 1 aliphatic heterocycles. The number of aryl methyl sites for hydroxylation is 3. The van der Waals surface area contributed by atoms with E-state index < -0.39 is 0 Å². The van der Waals surface area contributed by atoms with E-state index in [2.05, 4.69) is 50.2 Å². The Morgan fingerprint density at radius 2 is 1.81 bits per heavy atom. The van der Waals surface area contributed by atoms with Crippen LogP contribution in [0.2, 0.25) is 0 Å². The van der Waals surface area contributed by atoms with Crippen LogP contribution in [-0.2, 0) is 6.54 Å². The van der Waals surface area contributed by atoms with E-state index >= 15 is 0 Å². The van der Waals surface area contributed by atoms with Crippen molar-refractivity contribution in [3.63, 3.8) is 0 Å². The van der Waals surface area contributed by atoms with Crippen molar-refractivity contribution in [3.05, 3.63) is 17.5 Å². The minimum atomic E-state index is 0.907. The third kappa shape index (κ3) is 7.36. The Hall–Kier alpha value is -1.56. The Morgan fingerprint density at radius 3 is 2.42 bits per heavy atom. The summed E-state index contributed by atoms with van der Waals surface area (Å²) in [6.07, 6.45) is 6.23. The fourth-order valence-electron chi connectivity index (χ4n) is 3.51. The molecule has 0 saturated carbocycles. The SMILES string of the molecule is CN=C(NCCCCN1CCC(C)CC1)NCCCn1nc(C)cc1C. The van der Waals surface area contributed by atoms with Gasteiger partial charge in [0, 0.05) is 32.4 Å². The summed E-state index contributed by atoms with van der Waals surface area (Å²) >= 11 is 0. The van der Waals surface area contributed by atoms with Crippen LogP contribution in [0.4, 0.5) is 0 Å². The molecule has 1 aliphatic rings. The summed E-state index contributed by atoms with van der Waals surface area (Å²) in [5.41, 5.74) is 2.32. The molecule has 0 spiro atoms. The standard InChI is InChI=1S/C20H38N6/c1-17-8-14-25(15-9-17)12-6-5-10-22-20(21-4)23-11-7-13-26-19(3)16-18(2)24-26/h16-17H,5-15H2,1-4H3,(H2,21,22,23). The molecule has 0 atom stereocenters. The van der Waals surface area contributed by atoms with Gasteiger partial charge in [-0.3, -0.25) is 9.67 Å². The average molecular weight is 363 g/mol. The van der Waals surface area contributed by atoms with Crippen molar-refractivity contribution in [3.8, 4) is 0 Å². The van der Waals surface area contributed by atoms with Gasteiger partial charge in [0.25, 0.3) is 0 Å². The Kier molecular flexibility index (Phi) is 8.95. The van der Waals surface area contributed by atoms with Gasteiger partial charge in [0.2, 0.25) is 0 Å². The molecule has 148 valence electrons. The molecule has 2 rings (SSSR count). The number of likely N-dealkylation sites (tertiary alicyclic amines) is 1. The van der Waals surface area contributed by atoms with Crippen molar-refractivity contribution in [2.75, 3.05) is 39.8 Å². The minimum Gasteiger partial charge on any atom is -0.356 e. The molecule has 1 saturated heterocycles. The zero-order valence-corrected chi connectivity index (χ0v) is 17.2. The first kappa shape index (κ1) is 20.7. The predicted octanol–water partition coefficient (Wildman–Crippen LogP) is 2.57. The summed E-state index contributed by atoms with van der Waals surface area (Å²) in [6.45, 7) is 13.2. The van der Waals surface area contributed by atoms with Gasteiger partial charge < -0.3 is 15.5 Å². The monoisotopic (exact) mass is 362 g/mol. The topological polar surface area (TPSA) is 57.5 Å². The molecule has 0 aromatic carbocycles. The molecule has 0 amide bonds. The molecule has 0 aliphatic carbocycles. The number of aromatic nitrogens is 2. The molecule has 2 N–H and O–H groups in total. The second kappa shape index (κ2) is 11.2. The van der Waals surface area contributed by atoms with E-state index in [-0.39, 0.29) is 0 Å². The molecule has 6 nitrogen and oxygen atoms in total. The highest BCUT2D eigenvalue weighted by Crippen LogP contribution is 2.16. The Morgan fingerprint density at radius 1 is 1.12 bits per heavy atom. The van der Waals surface area contributed by atoms with Crippen molar-refractivity contribution >= 4 is 5.96 Å². The van der Waals surface area contributed by atoms with Crippen molar-refractivity contribution in [2.45, 2.75) is 59.4 Å². The number of guanidine groups is 1. The zero-order valence-electron chi connectivity index (χ0n) is 17.2. The Balaban J connectivity index is 1.50. The van der Waals surface area contributed by atoms with Gasteiger partial charge in [0.05, 0.1) is 5.69 Å². The fourth-order valence-corrected chi connectivity index (χ4v) is 3.51. The van der Waals surface area contributed by atoms with Crippen LogP contribution >= 0.6 is 0 Å². The van der Waals surface area contributed by atoms with Crippen LogP contribution in [0.15, 0.2) is 11.1 Å². The maximum Gasteiger partial charge on any atom is 0.190 e. The number of nitrogens with zero attached hydrogens (tertiary/aromatic N) is 4. The average Bonchev–Trinajstić information content (AvgIpc) is 2.95. The lowest BCUT2D eigenvalue weighted by Gasteiger charge is -2.30. The second-order valence-electron chi connectivity index (χ2n) is 7.66. The smallest absolute Gasteiger partial charge is 0.190 e. The van der Waals surface area contributed by atoms with Gasteiger partial charge in [-0.1, -0.05) is 6.92 Å². The first-order valence-corrected chi connectivity index (χ1v) is 10.3. The van der Waals surface area contributed by atoms with Crippen molar-refractivity contribution in [2.24, 2.45) is 10.9 Å². The summed E-state index contributed by atoms with van der Waals surface area (Å²) in [7, 11) is 1.84. The summed E-state index contributed by atoms with van der Waals surface area (Å²) < 4.78 is 2.08. The van der Waals surface area contributed by atoms with Crippen LogP contribution < -0.4 is 10.6 Å². The lowest BCUT2D eigenvalue weighted by molar-refractivity contribution is 0.189. The number of nitrogens with one attached hydrogen (secondary N) is 2. The number of hydrogen-bond donors (Lipinski definition) is 2. The summed E-state index contributed by atoms with van der Waals surface area (Å²) in [5, 5.41) is 11.3. The minimum absolute atomic E-state index is 0.907. The highest BCUT2D eigenvalue weighted by Gasteiger charge is 2.14. The van der Waals surface area contributed by atoms with Gasteiger partial charge in [-0.2, -0.15) is 5.10 Å². The van der Waals surface area contributed by atoms with E-state index in [0.717, 1.165) is 43.6 Å². The van der Waals surface area contributed by atoms with Gasteiger partial charge in [0.15, 0.2) is 5.96 Å². The third-order valence-electron chi connectivity index (χ3n) is 5.24. The van der Waals surface area contributed by atoms with Gasteiger partial charge in [-0.15, -0.1) is 0 Å².